The molecule has 4 rings (SSSR count). The molecule has 3 aromatic heterocycles. The van der Waals surface area contributed by atoms with E-state index in [0.717, 1.165) is 6.04 Å². The highest BCUT2D eigenvalue weighted by atomic mass is 35.5. The molecular formula is C28H32ClFN4O3Si. The zero-order valence-electron chi connectivity index (χ0n) is 22.5. The number of methoxy groups -OCH3 is 1. The SMILES string of the molecule is COc1ccc(F)cc1-c1cn(COCC[Si](C)(C)C)c2ncc(-c3cncc(C(=O)N(C)C)c3)c(Cl)c12. The molecule has 0 saturated heterocycles. The minimum absolute atomic E-state index is 0.170. The molecule has 0 aliphatic heterocycles. The standard InChI is InChI=1S/C28H32ClFN4O3Si/c1-33(2)28(35)19-11-18(13-31-14-19)22-15-32-27-25(26(22)29)23(21-12-20(30)7-8-24(21)36-3)16-34(27)17-37-9-10-38(4,5)6/h7-8,11-16H,9-10,17H2,1-6H3. The van der Waals surface area contributed by atoms with Gasteiger partial charge in [-0.15, -0.1) is 0 Å². The van der Waals surface area contributed by atoms with Crippen molar-refractivity contribution in [2.24, 2.45) is 0 Å². The zero-order chi connectivity index (χ0) is 27.6. The number of rotatable bonds is 9. The van der Waals surface area contributed by atoms with E-state index in [2.05, 4.69) is 24.6 Å². The van der Waals surface area contributed by atoms with Gasteiger partial charge in [0.25, 0.3) is 5.91 Å². The third-order valence-corrected chi connectivity index (χ3v) is 8.30. The van der Waals surface area contributed by atoms with Crippen molar-refractivity contribution in [1.29, 1.82) is 0 Å². The summed E-state index contributed by atoms with van der Waals surface area (Å²) in [6.45, 7) is 7.81. The maximum Gasteiger partial charge on any atom is 0.254 e. The molecule has 0 unspecified atom stereocenters. The van der Waals surface area contributed by atoms with Crippen LogP contribution in [0.25, 0.3) is 33.3 Å². The fourth-order valence-electron chi connectivity index (χ4n) is 4.12. The van der Waals surface area contributed by atoms with Crippen molar-refractivity contribution in [2.45, 2.75) is 32.4 Å². The second-order valence-corrected chi connectivity index (χ2v) is 16.6. The van der Waals surface area contributed by atoms with Gasteiger partial charge in [0, 0.05) is 81.2 Å². The van der Waals surface area contributed by atoms with E-state index in [-0.39, 0.29) is 12.6 Å². The molecule has 7 nitrogen and oxygen atoms in total. The predicted octanol–water partition coefficient (Wildman–Crippen LogP) is 6.58. The lowest BCUT2D eigenvalue weighted by molar-refractivity contribution is 0.0827. The Labute approximate surface area is 228 Å². The Bertz CT molecular complexity index is 1480. The van der Waals surface area contributed by atoms with E-state index in [0.29, 0.717) is 56.2 Å². The first-order valence-corrected chi connectivity index (χ1v) is 16.3. The van der Waals surface area contributed by atoms with Crippen molar-refractivity contribution >= 4 is 36.6 Å². The molecule has 0 saturated carbocycles. The van der Waals surface area contributed by atoms with E-state index in [1.807, 2.05) is 10.8 Å². The maximum atomic E-state index is 14.4. The molecule has 0 bridgehead atoms. The molecule has 0 atom stereocenters. The van der Waals surface area contributed by atoms with Gasteiger partial charge in [-0.1, -0.05) is 31.2 Å². The molecule has 200 valence electrons. The Morgan fingerprint density at radius 1 is 1.11 bits per heavy atom. The highest BCUT2D eigenvalue weighted by Gasteiger charge is 2.22. The lowest BCUT2D eigenvalue weighted by Gasteiger charge is -2.15. The van der Waals surface area contributed by atoms with Crippen molar-refractivity contribution in [3.8, 4) is 28.0 Å². The number of carbonyl (C=O) groups excluding carboxylic acids is 1. The molecule has 0 fully saturated rings. The molecule has 3 heterocycles. The largest absolute Gasteiger partial charge is 0.496 e. The molecule has 0 N–H and O–H groups in total. The van der Waals surface area contributed by atoms with Crippen molar-refractivity contribution in [1.82, 2.24) is 19.4 Å². The number of carbonyl (C=O) groups is 1. The maximum absolute atomic E-state index is 14.4. The molecule has 0 radical (unpaired) electrons. The minimum atomic E-state index is -1.25. The average molecular weight is 555 g/mol. The topological polar surface area (TPSA) is 69.5 Å². The summed E-state index contributed by atoms with van der Waals surface area (Å²) in [5.74, 6) is -0.0597. The van der Waals surface area contributed by atoms with Crippen molar-refractivity contribution < 1.29 is 18.7 Å². The van der Waals surface area contributed by atoms with Gasteiger partial charge in [-0.3, -0.25) is 9.78 Å². The average Bonchev–Trinajstić information content (AvgIpc) is 3.25. The molecule has 1 amide bonds. The van der Waals surface area contributed by atoms with Gasteiger partial charge >= 0.3 is 0 Å². The highest BCUT2D eigenvalue weighted by molar-refractivity contribution is 6.76. The molecule has 0 aliphatic carbocycles. The van der Waals surface area contributed by atoms with Crippen LogP contribution in [-0.2, 0) is 11.5 Å². The second-order valence-electron chi connectivity index (χ2n) is 10.6. The zero-order valence-corrected chi connectivity index (χ0v) is 24.3. The predicted molar refractivity (Wildman–Crippen MR) is 152 cm³/mol. The Balaban J connectivity index is 1.86. The van der Waals surface area contributed by atoms with Crippen LogP contribution in [0.3, 0.4) is 0 Å². The van der Waals surface area contributed by atoms with Crippen LogP contribution in [0.1, 0.15) is 10.4 Å². The number of halogens is 2. The first kappa shape index (κ1) is 27.8. The molecular weight excluding hydrogens is 523 g/mol. The van der Waals surface area contributed by atoms with Gasteiger partial charge in [0.2, 0.25) is 0 Å². The van der Waals surface area contributed by atoms with Crippen molar-refractivity contribution in [3.63, 3.8) is 0 Å². The van der Waals surface area contributed by atoms with Gasteiger partial charge in [0.05, 0.1) is 17.7 Å². The summed E-state index contributed by atoms with van der Waals surface area (Å²) < 4.78 is 27.8. The quantitative estimate of drug-likeness (QED) is 0.173. The van der Waals surface area contributed by atoms with E-state index < -0.39 is 13.9 Å². The Morgan fingerprint density at radius 3 is 2.55 bits per heavy atom. The van der Waals surface area contributed by atoms with Gasteiger partial charge in [-0.05, 0) is 30.3 Å². The fraction of sp³-hybridized carbons (Fsp3) is 0.321. The van der Waals surface area contributed by atoms with Crippen LogP contribution in [0.4, 0.5) is 4.39 Å². The summed E-state index contributed by atoms with van der Waals surface area (Å²) in [7, 11) is 3.66. The molecule has 1 aromatic carbocycles. The van der Waals surface area contributed by atoms with Gasteiger partial charge in [-0.2, -0.15) is 0 Å². The summed E-state index contributed by atoms with van der Waals surface area (Å²) in [5.41, 5.74) is 3.50. The number of fused-ring (bicyclic) bond motifs is 1. The number of ether oxygens (including phenoxy) is 2. The Hall–Kier alpha value is -3.27. The molecule has 10 heteroatoms. The summed E-state index contributed by atoms with van der Waals surface area (Å²) >= 11 is 7.05. The lowest BCUT2D eigenvalue weighted by atomic mass is 10.0. The van der Waals surface area contributed by atoms with Crippen LogP contribution >= 0.6 is 11.6 Å². The lowest BCUT2D eigenvalue weighted by Crippen LogP contribution is -2.22. The van der Waals surface area contributed by atoms with Crippen LogP contribution in [0.5, 0.6) is 5.75 Å². The van der Waals surface area contributed by atoms with Crippen LogP contribution < -0.4 is 4.74 Å². The summed E-state index contributed by atoms with van der Waals surface area (Å²) in [6, 6.07) is 7.13. The fourth-order valence-corrected chi connectivity index (χ4v) is 5.22. The first-order chi connectivity index (χ1) is 18.0. The van der Waals surface area contributed by atoms with Crippen molar-refractivity contribution in [2.75, 3.05) is 27.8 Å². The second kappa shape index (κ2) is 11.2. The smallest absolute Gasteiger partial charge is 0.254 e. The van der Waals surface area contributed by atoms with E-state index in [1.165, 1.54) is 23.2 Å². The number of nitrogens with zero attached hydrogens (tertiary/aromatic N) is 4. The van der Waals surface area contributed by atoms with E-state index >= 15 is 0 Å². The first-order valence-electron chi connectivity index (χ1n) is 12.3. The van der Waals surface area contributed by atoms with Gasteiger partial charge in [0.15, 0.2) is 0 Å². The van der Waals surface area contributed by atoms with E-state index in [4.69, 9.17) is 26.1 Å². The summed E-state index contributed by atoms with van der Waals surface area (Å²) in [4.78, 5) is 23.0. The van der Waals surface area contributed by atoms with Crippen LogP contribution in [0.2, 0.25) is 30.7 Å². The van der Waals surface area contributed by atoms with E-state index in [1.54, 1.807) is 45.7 Å². The number of pyridine rings is 2. The van der Waals surface area contributed by atoms with Crippen LogP contribution in [0, 0.1) is 5.82 Å². The third kappa shape index (κ3) is 5.90. The number of aromatic nitrogens is 3. The third-order valence-electron chi connectivity index (χ3n) is 6.20. The van der Waals surface area contributed by atoms with Gasteiger partial charge < -0.3 is 18.9 Å². The van der Waals surface area contributed by atoms with Crippen LogP contribution in [-0.4, -0.2) is 61.2 Å². The number of benzene rings is 1. The van der Waals surface area contributed by atoms with Crippen molar-refractivity contribution in [3.05, 3.63) is 65.5 Å². The normalized spacial score (nSPS) is 11.7. The summed E-state index contributed by atoms with van der Waals surface area (Å²) in [5, 5.41) is 1.04. The molecule has 4 aromatic rings. The molecule has 0 aliphatic rings. The minimum Gasteiger partial charge on any atom is -0.496 e. The number of amides is 1. The number of hydrogen-bond acceptors (Lipinski definition) is 5. The van der Waals surface area contributed by atoms with Gasteiger partial charge in [0.1, 0.15) is 23.9 Å². The Kier molecular flexibility index (Phi) is 8.20. The monoisotopic (exact) mass is 554 g/mol. The van der Waals surface area contributed by atoms with Crippen LogP contribution in [0.15, 0.2) is 49.1 Å². The Morgan fingerprint density at radius 2 is 1.87 bits per heavy atom. The molecule has 38 heavy (non-hydrogen) atoms. The molecule has 0 spiro atoms. The number of hydrogen-bond donors (Lipinski definition) is 0. The highest BCUT2D eigenvalue weighted by Crippen LogP contribution is 2.42. The van der Waals surface area contributed by atoms with Gasteiger partial charge in [-0.25, -0.2) is 9.37 Å². The van der Waals surface area contributed by atoms with E-state index in [9.17, 15) is 9.18 Å². The summed E-state index contributed by atoms with van der Waals surface area (Å²) in [6.07, 6.45) is 6.68.